The highest BCUT2D eigenvalue weighted by atomic mass is 32.2. The van der Waals surface area contributed by atoms with E-state index in [2.05, 4.69) is 10.1 Å². The number of aryl methyl sites for hydroxylation is 1. The smallest absolute Gasteiger partial charge is 0.359 e. The van der Waals surface area contributed by atoms with E-state index in [9.17, 15) is 26.4 Å². The Balaban J connectivity index is 2.81. The molecule has 1 aromatic carbocycles. The van der Waals surface area contributed by atoms with Gasteiger partial charge >= 0.3 is 6.18 Å². The number of hydrogen-bond donors (Lipinski definition) is 2. The Morgan fingerprint density at radius 1 is 1.41 bits per heavy atom. The predicted molar refractivity (Wildman–Crippen MR) is 72.7 cm³/mol. The molecular formula is C12H15F3N2O4S. The molecule has 0 saturated carbocycles. The summed E-state index contributed by atoms with van der Waals surface area (Å²) in [4.78, 5) is 11.5. The molecule has 0 aromatic heterocycles. The number of rotatable bonds is 5. The van der Waals surface area contributed by atoms with Gasteiger partial charge in [-0.25, -0.2) is 13.6 Å². The number of benzene rings is 1. The van der Waals surface area contributed by atoms with Gasteiger partial charge in [-0.3, -0.25) is 4.79 Å². The monoisotopic (exact) mass is 340 g/mol. The maximum absolute atomic E-state index is 12.0. The van der Waals surface area contributed by atoms with Crippen LogP contribution < -0.4 is 10.5 Å². The zero-order valence-corrected chi connectivity index (χ0v) is 12.6. The van der Waals surface area contributed by atoms with Crippen molar-refractivity contribution >= 4 is 21.6 Å². The van der Waals surface area contributed by atoms with Crippen molar-refractivity contribution in [2.45, 2.75) is 31.0 Å². The van der Waals surface area contributed by atoms with Crippen LogP contribution in [0.1, 0.15) is 12.5 Å². The third-order valence-electron chi connectivity index (χ3n) is 2.63. The fourth-order valence-corrected chi connectivity index (χ4v) is 2.33. The van der Waals surface area contributed by atoms with Crippen LogP contribution in [0.15, 0.2) is 23.1 Å². The number of carbonyl (C=O) groups excluding carboxylic acids is 1. The van der Waals surface area contributed by atoms with Crippen LogP contribution in [0.4, 0.5) is 18.9 Å². The Bertz CT molecular complexity index is 659. The third kappa shape index (κ3) is 5.62. The van der Waals surface area contributed by atoms with E-state index in [-0.39, 0.29) is 10.6 Å². The first-order valence-corrected chi connectivity index (χ1v) is 7.57. The summed E-state index contributed by atoms with van der Waals surface area (Å²) in [6.07, 6.45) is -5.90. The van der Waals surface area contributed by atoms with Crippen molar-refractivity contribution in [1.82, 2.24) is 0 Å². The summed E-state index contributed by atoms with van der Waals surface area (Å²) in [5.41, 5.74) is 0.462. The molecule has 0 fully saturated rings. The Hall–Kier alpha value is -1.65. The number of amides is 1. The Labute approximate surface area is 125 Å². The summed E-state index contributed by atoms with van der Waals surface area (Å²) in [5.74, 6) is -0.839. The highest BCUT2D eigenvalue weighted by molar-refractivity contribution is 7.89. The SMILES string of the molecule is Cc1ccc(NC(=O)C(C)OCC(F)(F)F)cc1S(N)(=O)=O. The van der Waals surface area contributed by atoms with Crippen molar-refractivity contribution in [3.8, 4) is 0 Å². The highest BCUT2D eigenvalue weighted by Crippen LogP contribution is 2.20. The van der Waals surface area contributed by atoms with Crippen molar-refractivity contribution < 1.29 is 31.1 Å². The Kier molecular flexibility index (Phi) is 5.54. The van der Waals surface area contributed by atoms with Gasteiger partial charge in [-0.05, 0) is 31.5 Å². The van der Waals surface area contributed by atoms with Gasteiger partial charge in [-0.2, -0.15) is 13.2 Å². The number of alkyl halides is 3. The second-order valence-electron chi connectivity index (χ2n) is 4.58. The van der Waals surface area contributed by atoms with Gasteiger partial charge in [0.05, 0.1) is 4.90 Å². The van der Waals surface area contributed by atoms with Crippen molar-refractivity contribution in [1.29, 1.82) is 0 Å². The molecular weight excluding hydrogens is 325 g/mol. The fraction of sp³-hybridized carbons (Fsp3) is 0.417. The summed E-state index contributed by atoms with van der Waals surface area (Å²) >= 11 is 0. The van der Waals surface area contributed by atoms with Crippen molar-refractivity contribution in [2.24, 2.45) is 5.14 Å². The molecule has 1 aromatic rings. The topological polar surface area (TPSA) is 98.5 Å². The van der Waals surface area contributed by atoms with Crippen LogP contribution in [0.3, 0.4) is 0 Å². The standard InChI is InChI=1S/C12H15F3N2O4S/c1-7-3-4-9(5-10(7)22(16,19)20)17-11(18)8(2)21-6-12(13,14)15/h3-5,8H,6H2,1-2H3,(H,17,18)(H2,16,19,20). The van der Waals surface area contributed by atoms with Gasteiger partial charge < -0.3 is 10.1 Å². The molecule has 22 heavy (non-hydrogen) atoms. The molecule has 1 unspecified atom stereocenters. The molecule has 1 atom stereocenters. The molecule has 0 heterocycles. The number of carbonyl (C=O) groups is 1. The first-order chi connectivity index (χ1) is 9.90. The van der Waals surface area contributed by atoms with Crippen molar-refractivity contribution in [3.63, 3.8) is 0 Å². The first-order valence-electron chi connectivity index (χ1n) is 6.03. The van der Waals surface area contributed by atoms with E-state index in [0.29, 0.717) is 5.56 Å². The average molecular weight is 340 g/mol. The second kappa shape index (κ2) is 6.63. The zero-order chi connectivity index (χ0) is 17.1. The molecule has 0 bridgehead atoms. The van der Waals surface area contributed by atoms with Gasteiger partial charge in [-0.1, -0.05) is 6.07 Å². The minimum absolute atomic E-state index is 0.0853. The predicted octanol–water partition coefficient (Wildman–Crippen LogP) is 1.55. The number of anilines is 1. The minimum Gasteiger partial charge on any atom is -0.359 e. The number of ether oxygens (including phenoxy) is 1. The molecule has 1 rings (SSSR count). The Morgan fingerprint density at radius 3 is 2.50 bits per heavy atom. The van der Waals surface area contributed by atoms with Crippen LogP contribution in [0.2, 0.25) is 0 Å². The molecule has 0 saturated heterocycles. The third-order valence-corrected chi connectivity index (χ3v) is 3.68. The lowest BCUT2D eigenvalue weighted by Gasteiger charge is -2.15. The van der Waals surface area contributed by atoms with Gasteiger partial charge in [0.1, 0.15) is 12.7 Å². The fourth-order valence-electron chi connectivity index (χ4n) is 1.52. The molecule has 0 aliphatic rings. The normalized spacial score (nSPS) is 13.7. The minimum atomic E-state index is -4.54. The van der Waals surface area contributed by atoms with Crippen LogP contribution in [0, 0.1) is 6.92 Å². The summed E-state index contributed by atoms with van der Waals surface area (Å²) in [6, 6.07) is 3.94. The summed E-state index contributed by atoms with van der Waals surface area (Å²) in [5, 5.41) is 7.29. The number of hydrogen-bond acceptors (Lipinski definition) is 4. The number of nitrogens with two attached hydrogens (primary N) is 1. The van der Waals surface area contributed by atoms with Gasteiger partial charge in [-0.15, -0.1) is 0 Å². The molecule has 124 valence electrons. The Morgan fingerprint density at radius 2 is 2.00 bits per heavy atom. The molecule has 0 aliphatic carbocycles. The largest absolute Gasteiger partial charge is 0.411 e. The van der Waals surface area contributed by atoms with E-state index >= 15 is 0 Å². The van der Waals surface area contributed by atoms with Gasteiger partial charge in [0, 0.05) is 5.69 Å². The van der Waals surface area contributed by atoms with Crippen molar-refractivity contribution in [3.05, 3.63) is 23.8 Å². The lowest BCUT2D eigenvalue weighted by atomic mass is 10.2. The number of primary sulfonamides is 1. The van der Waals surface area contributed by atoms with E-state index in [0.717, 1.165) is 13.0 Å². The van der Waals surface area contributed by atoms with E-state index in [1.54, 1.807) is 0 Å². The number of nitrogens with one attached hydrogen (secondary N) is 1. The van der Waals surface area contributed by atoms with Crippen LogP contribution in [-0.4, -0.2) is 33.2 Å². The lowest BCUT2D eigenvalue weighted by molar-refractivity contribution is -0.184. The molecule has 0 spiro atoms. The number of sulfonamides is 1. The van der Waals surface area contributed by atoms with Crippen LogP contribution >= 0.6 is 0 Å². The van der Waals surface area contributed by atoms with Crippen LogP contribution in [-0.2, 0) is 19.6 Å². The van der Waals surface area contributed by atoms with E-state index in [1.165, 1.54) is 19.1 Å². The highest BCUT2D eigenvalue weighted by Gasteiger charge is 2.30. The van der Waals surface area contributed by atoms with Crippen LogP contribution in [0.5, 0.6) is 0 Å². The van der Waals surface area contributed by atoms with E-state index in [4.69, 9.17) is 5.14 Å². The average Bonchev–Trinajstić information content (AvgIpc) is 2.35. The van der Waals surface area contributed by atoms with Gasteiger partial charge in [0.15, 0.2) is 0 Å². The molecule has 10 heteroatoms. The van der Waals surface area contributed by atoms with Crippen LogP contribution in [0.25, 0.3) is 0 Å². The molecule has 1 amide bonds. The van der Waals surface area contributed by atoms with E-state index < -0.39 is 34.8 Å². The summed E-state index contributed by atoms with van der Waals surface area (Å²) in [7, 11) is -3.97. The maximum Gasteiger partial charge on any atom is 0.411 e. The lowest BCUT2D eigenvalue weighted by Crippen LogP contribution is -2.31. The maximum atomic E-state index is 12.0. The summed E-state index contributed by atoms with van der Waals surface area (Å²) < 4.78 is 63.1. The molecule has 6 nitrogen and oxygen atoms in total. The zero-order valence-electron chi connectivity index (χ0n) is 11.8. The second-order valence-corrected chi connectivity index (χ2v) is 6.11. The first kappa shape index (κ1) is 18.4. The van der Waals surface area contributed by atoms with E-state index in [1.807, 2.05) is 0 Å². The molecule has 3 N–H and O–H groups in total. The quantitative estimate of drug-likeness (QED) is 0.849. The number of halogens is 3. The summed E-state index contributed by atoms with van der Waals surface area (Å²) in [6.45, 7) is 1.11. The van der Waals surface area contributed by atoms with Gasteiger partial charge in [0.25, 0.3) is 5.91 Å². The molecule has 0 radical (unpaired) electrons. The molecule has 0 aliphatic heterocycles. The van der Waals surface area contributed by atoms with Crippen molar-refractivity contribution in [2.75, 3.05) is 11.9 Å². The van der Waals surface area contributed by atoms with Gasteiger partial charge in [0.2, 0.25) is 10.0 Å².